The average Bonchev–Trinajstić information content (AvgIpc) is 2.99. The molecular weight excluding hydrogens is 376 g/mol. The summed E-state index contributed by atoms with van der Waals surface area (Å²) < 4.78 is 1.88. The molecule has 0 bridgehead atoms. The fourth-order valence-corrected chi connectivity index (χ4v) is 4.33. The molecule has 4 rings (SSSR count). The van der Waals surface area contributed by atoms with E-state index in [1.807, 2.05) is 53.1 Å². The smallest absolute Gasteiger partial charge is 0.323 e. The molecule has 0 radical (unpaired) electrons. The summed E-state index contributed by atoms with van der Waals surface area (Å²) >= 11 is 6.00. The molecule has 1 unspecified atom stereocenters. The van der Waals surface area contributed by atoms with Crippen LogP contribution in [0.5, 0.6) is 0 Å². The molecule has 0 saturated carbocycles. The van der Waals surface area contributed by atoms with E-state index in [1.165, 1.54) is 0 Å². The second-order valence-electron chi connectivity index (χ2n) is 7.21. The molecule has 3 aromatic rings. The standard InChI is InChI=1S/C22H21ClN2O3/c23-16-5-3-4-14(10-16)12-24-22(28)15-8-9-20-18(11-15)17-6-1-2-7-19(17)25(20)13-21(26)27/h1-7,10,15H,8-9,11-13H2,(H,24,28)(H,26,27). The molecule has 1 atom stereocenters. The number of para-hydroxylation sites is 1. The first-order chi connectivity index (χ1) is 13.5. The van der Waals surface area contributed by atoms with E-state index in [1.54, 1.807) is 0 Å². The Balaban J connectivity index is 1.54. The van der Waals surface area contributed by atoms with E-state index in [0.717, 1.165) is 27.7 Å². The van der Waals surface area contributed by atoms with Crippen molar-refractivity contribution in [3.63, 3.8) is 0 Å². The number of rotatable bonds is 5. The molecule has 1 amide bonds. The number of carboxylic acid groups (broad SMARTS) is 1. The second-order valence-corrected chi connectivity index (χ2v) is 7.65. The summed E-state index contributed by atoms with van der Waals surface area (Å²) in [6.07, 6.45) is 2.04. The number of carbonyl (C=O) groups excluding carboxylic acids is 1. The molecule has 144 valence electrons. The highest BCUT2D eigenvalue weighted by Gasteiger charge is 2.29. The van der Waals surface area contributed by atoms with Gasteiger partial charge in [0.1, 0.15) is 6.54 Å². The Morgan fingerprint density at radius 3 is 2.79 bits per heavy atom. The molecule has 1 aliphatic carbocycles. The average molecular weight is 397 g/mol. The van der Waals surface area contributed by atoms with Crippen molar-refractivity contribution in [3.8, 4) is 0 Å². The number of aromatic nitrogens is 1. The van der Waals surface area contributed by atoms with Gasteiger partial charge in [-0.25, -0.2) is 0 Å². The summed E-state index contributed by atoms with van der Waals surface area (Å²) in [5, 5.41) is 14.0. The van der Waals surface area contributed by atoms with Crippen LogP contribution < -0.4 is 5.32 Å². The van der Waals surface area contributed by atoms with Crippen LogP contribution in [-0.2, 0) is 35.5 Å². The Morgan fingerprint density at radius 1 is 1.18 bits per heavy atom. The minimum Gasteiger partial charge on any atom is -0.480 e. The SMILES string of the molecule is O=C(O)Cn1c2c(c3ccccc31)CC(C(=O)NCc1cccc(Cl)c1)CC2. The van der Waals surface area contributed by atoms with E-state index < -0.39 is 5.97 Å². The predicted molar refractivity (Wildman–Crippen MR) is 108 cm³/mol. The molecule has 1 aliphatic rings. The molecular formula is C22H21ClN2O3. The zero-order valence-corrected chi connectivity index (χ0v) is 16.1. The van der Waals surface area contributed by atoms with Gasteiger partial charge in [-0.3, -0.25) is 9.59 Å². The van der Waals surface area contributed by atoms with E-state index in [9.17, 15) is 14.7 Å². The molecule has 0 saturated heterocycles. The summed E-state index contributed by atoms with van der Waals surface area (Å²) in [6.45, 7) is 0.394. The fourth-order valence-electron chi connectivity index (χ4n) is 4.12. The Morgan fingerprint density at radius 2 is 2.00 bits per heavy atom. The first-order valence-corrected chi connectivity index (χ1v) is 9.73. The van der Waals surface area contributed by atoms with Gasteiger partial charge in [0.25, 0.3) is 0 Å². The van der Waals surface area contributed by atoms with Crippen molar-refractivity contribution in [1.29, 1.82) is 0 Å². The van der Waals surface area contributed by atoms with Crippen molar-refractivity contribution < 1.29 is 14.7 Å². The second kappa shape index (κ2) is 7.68. The largest absolute Gasteiger partial charge is 0.480 e. The van der Waals surface area contributed by atoms with Crippen LogP contribution in [0.2, 0.25) is 5.02 Å². The maximum Gasteiger partial charge on any atom is 0.323 e. The maximum atomic E-state index is 12.7. The number of carbonyl (C=O) groups is 2. The number of fused-ring (bicyclic) bond motifs is 3. The first kappa shape index (κ1) is 18.6. The van der Waals surface area contributed by atoms with Gasteiger partial charge in [-0.1, -0.05) is 41.9 Å². The summed E-state index contributed by atoms with van der Waals surface area (Å²) in [4.78, 5) is 24.1. The van der Waals surface area contributed by atoms with Gasteiger partial charge >= 0.3 is 5.97 Å². The minimum atomic E-state index is -0.857. The molecule has 28 heavy (non-hydrogen) atoms. The normalized spacial score (nSPS) is 16.0. The van der Waals surface area contributed by atoms with E-state index in [2.05, 4.69) is 5.32 Å². The summed E-state index contributed by atoms with van der Waals surface area (Å²) in [7, 11) is 0. The lowest BCUT2D eigenvalue weighted by atomic mass is 9.85. The number of hydrogen-bond acceptors (Lipinski definition) is 2. The zero-order valence-electron chi connectivity index (χ0n) is 15.3. The summed E-state index contributed by atoms with van der Waals surface area (Å²) in [5.41, 5.74) is 4.04. The molecule has 1 heterocycles. The predicted octanol–water partition coefficient (Wildman–Crippen LogP) is 3.80. The molecule has 0 aliphatic heterocycles. The van der Waals surface area contributed by atoms with Crippen LogP contribution in [0.3, 0.4) is 0 Å². The van der Waals surface area contributed by atoms with Gasteiger partial charge in [-0.05, 0) is 48.6 Å². The Labute approximate surface area is 167 Å². The molecule has 6 heteroatoms. The highest BCUT2D eigenvalue weighted by atomic mass is 35.5. The van der Waals surface area contributed by atoms with Crippen LogP contribution >= 0.6 is 11.6 Å². The van der Waals surface area contributed by atoms with Crippen LogP contribution in [-0.4, -0.2) is 21.6 Å². The molecule has 0 spiro atoms. The quantitative estimate of drug-likeness (QED) is 0.689. The highest BCUT2D eigenvalue weighted by Crippen LogP contribution is 2.34. The number of hydrogen-bond donors (Lipinski definition) is 2. The molecule has 1 aromatic heterocycles. The van der Waals surface area contributed by atoms with Gasteiger partial charge in [-0.2, -0.15) is 0 Å². The van der Waals surface area contributed by atoms with Gasteiger partial charge in [0, 0.05) is 34.1 Å². The van der Waals surface area contributed by atoms with E-state index >= 15 is 0 Å². The van der Waals surface area contributed by atoms with Crippen LogP contribution in [0.4, 0.5) is 0 Å². The van der Waals surface area contributed by atoms with Gasteiger partial charge in [0.05, 0.1) is 0 Å². The Bertz CT molecular complexity index is 1060. The zero-order chi connectivity index (χ0) is 19.7. The van der Waals surface area contributed by atoms with E-state index in [0.29, 0.717) is 30.8 Å². The molecule has 2 aromatic carbocycles. The van der Waals surface area contributed by atoms with Gasteiger partial charge in [-0.15, -0.1) is 0 Å². The summed E-state index contributed by atoms with van der Waals surface area (Å²) in [6, 6.07) is 15.3. The highest BCUT2D eigenvalue weighted by molar-refractivity contribution is 6.30. The number of halogens is 1. The molecule has 5 nitrogen and oxygen atoms in total. The lowest BCUT2D eigenvalue weighted by Gasteiger charge is -2.23. The Kier molecular flexibility index (Phi) is 5.09. The third-order valence-electron chi connectivity index (χ3n) is 5.39. The van der Waals surface area contributed by atoms with Gasteiger partial charge in [0.2, 0.25) is 5.91 Å². The lowest BCUT2D eigenvalue weighted by Crippen LogP contribution is -2.34. The van der Waals surface area contributed by atoms with Crippen molar-refractivity contribution in [2.45, 2.75) is 32.4 Å². The van der Waals surface area contributed by atoms with Crippen molar-refractivity contribution >= 4 is 34.4 Å². The topological polar surface area (TPSA) is 71.3 Å². The van der Waals surface area contributed by atoms with Crippen LogP contribution in [0.25, 0.3) is 10.9 Å². The fraction of sp³-hybridized carbons (Fsp3) is 0.273. The lowest BCUT2D eigenvalue weighted by molar-refractivity contribution is -0.137. The number of carboxylic acids is 1. The number of amides is 1. The Hall–Kier alpha value is -2.79. The first-order valence-electron chi connectivity index (χ1n) is 9.36. The number of nitrogens with one attached hydrogen (secondary N) is 1. The van der Waals surface area contributed by atoms with Crippen molar-refractivity contribution in [2.24, 2.45) is 5.92 Å². The van der Waals surface area contributed by atoms with Crippen LogP contribution in [0.15, 0.2) is 48.5 Å². The monoisotopic (exact) mass is 396 g/mol. The van der Waals surface area contributed by atoms with Crippen molar-refractivity contribution in [2.75, 3.05) is 0 Å². The van der Waals surface area contributed by atoms with Crippen molar-refractivity contribution in [3.05, 3.63) is 70.4 Å². The summed E-state index contributed by atoms with van der Waals surface area (Å²) in [5.74, 6) is -0.943. The van der Waals surface area contributed by atoms with Gasteiger partial charge < -0.3 is 15.0 Å². The third kappa shape index (κ3) is 3.62. The number of benzene rings is 2. The minimum absolute atomic E-state index is 0.0284. The maximum absolute atomic E-state index is 12.7. The third-order valence-corrected chi connectivity index (χ3v) is 5.63. The molecule has 0 fully saturated rings. The molecule has 2 N–H and O–H groups in total. The van der Waals surface area contributed by atoms with Crippen molar-refractivity contribution in [1.82, 2.24) is 9.88 Å². The number of aliphatic carboxylic acids is 1. The van der Waals surface area contributed by atoms with E-state index in [4.69, 9.17) is 11.6 Å². The van der Waals surface area contributed by atoms with Crippen LogP contribution in [0, 0.1) is 5.92 Å². The number of nitrogens with zero attached hydrogens (tertiary/aromatic N) is 1. The van der Waals surface area contributed by atoms with E-state index in [-0.39, 0.29) is 18.4 Å². The van der Waals surface area contributed by atoms with Crippen LogP contribution in [0.1, 0.15) is 23.2 Å². The van der Waals surface area contributed by atoms with Gasteiger partial charge in [0.15, 0.2) is 0 Å².